The molecule has 0 fully saturated rings. The molecule has 4 aromatic rings. The van der Waals surface area contributed by atoms with E-state index >= 15 is 0 Å². The van der Waals surface area contributed by atoms with Crippen molar-refractivity contribution in [3.63, 3.8) is 0 Å². The van der Waals surface area contributed by atoms with E-state index in [1.807, 2.05) is 48.5 Å². The number of thiazole rings is 2. The zero-order valence-electron chi connectivity index (χ0n) is 18.8. The summed E-state index contributed by atoms with van der Waals surface area (Å²) >= 11 is 6.20. The maximum absolute atomic E-state index is 12.5. The highest BCUT2D eigenvalue weighted by atomic mass is 32.2. The molecule has 0 amide bonds. The van der Waals surface area contributed by atoms with Crippen molar-refractivity contribution >= 4 is 78.6 Å². The molecule has 0 saturated carbocycles. The quantitative estimate of drug-likeness (QED) is 0.161. The van der Waals surface area contributed by atoms with Gasteiger partial charge in [0.05, 0.1) is 46.5 Å². The number of aromatic nitrogens is 2. The van der Waals surface area contributed by atoms with E-state index in [-0.39, 0.29) is 35.3 Å². The molecule has 4 rings (SSSR count). The van der Waals surface area contributed by atoms with Crippen molar-refractivity contribution in [1.82, 2.24) is 9.97 Å². The number of nitrogens with zero attached hydrogens (tertiary/aromatic N) is 2. The molecule has 0 aliphatic heterocycles. The van der Waals surface area contributed by atoms with Gasteiger partial charge in [-0.1, -0.05) is 47.8 Å². The first-order valence-electron chi connectivity index (χ1n) is 10.9. The number of benzene rings is 2. The Bertz CT molecular complexity index is 1110. The Morgan fingerprint density at radius 2 is 1.18 bits per heavy atom. The highest BCUT2D eigenvalue weighted by Crippen LogP contribution is 2.42. The summed E-state index contributed by atoms with van der Waals surface area (Å²) in [7, 11) is 0. The Hall–Kier alpha value is -2.14. The first-order chi connectivity index (χ1) is 16.6. The zero-order chi connectivity index (χ0) is 23.9. The number of fused-ring (bicyclic) bond motifs is 2. The summed E-state index contributed by atoms with van der Waals surface area (Å²) in [6, 6.07) is 15.9. The van der Waals surface area contributed by atoms with Crippen LogP contribution in [0.5, 0.6) is 0 Å². The van der Waals surface area contributed by atoms with E-state index in [9.17, 15) is 9.59 Å². The lowest BCUT2D eigenvalue weighted by atomic mass is 10.2. The highest BCUT2D eigenvalue weighted by Gasteiger charge is 2.31. The van der Waals surface area contributed by atoms with E-state index in [2.05, 4.69) is 0 Å². The van der Waals surface area contributed by atoms with Crippen LogP contribution in [0.3, 0.4) is 0 Å². The van der Waals surface area contributed by atoms with Crippen LogP contribution in [-0.4, -0.2) is 45.6 Å². The van der Waals surface area contributed by atoms with Crippen LogP contribution in [0.2, 0.25) is 0 Å². The first kappa shape index (κ1) is 25.0. The molecule has 0 radical (unpaired) electrons. The molecule has 2 aromatic carbocycles. The summed E-state index contributed by atoms with van der Waals surface area (Å²) in [5.74, 6) is -0.584. The average molecular weight is 533 g/mol. The van der Waals surface area contributed by atoms with Gasteiger partial charge in [0.2, 0.25) is 0 Å². The molecular weight excluding hydrogens is 509 g/mol. The van der Waals surface area contributed by atoms with Gasteiger partial charge in [0.15, 0.2) is 8.68 Å². The van der Waals surface area contributed by atoms with Crippen LogP contribution in [0.4, 0.5) is 0 Å². The van der Waals surface area contributed by atoms with Crippen LogP contribution in [0.25, 0.3) is 20.4 Å². The van der Waals surface area contributed by atoms with Gasteiger partial charge in [-0.25, -0.2) is 9.97 Å². The summed E-state index contributed by atoms with van der Waals surface area (Å²) < 4.78 is 14.4. The minimum Gasteiger partial charge on any atom is -0.466 e. The molecule has 2 unspecified atom stereocenters. The number of carbonyl (C=O) groups is 2. The Balaban J connectivity index is 1.64. The van der Waals surface area contributed by atoms with E-state index < -0.39 is 0 Å². The molecule has 2 atom stereocenters. The van der Waals surface area contributed by atoms with Crippen molar-refractivity contribution in [3.05, 3.63) is 48.5 Å². The summed E-state index contributed by atoms with van der Waals surface area (Å²) in [4.78, 5) is 34.5. The SMILES string of the molecule is CCOC(=O)CC(Sc1nc2ccccc2s1)C(CC(=O)OCC)Sc1nc2ccccc2s1. The third kappa shape index (κ3) is 6.50. The second kappa shape index (κ2) is 12.0. The molecule has 34 heavy (non-hydrogen) atoms. The van der Waals surface area contributed by atoms with Gasteiger partial charge in [-0.05, 0) is 38.1 Å². The minimum atomic E-state index is -0.292. The molecule has 2 heterocycles. The van der Waals surface area contributed by atoms with Gasteiger partial charge in [-0.2, -0.15) is 0 Å². The molecule has 0 saturated heterocycles. The number of carbonyl (C=O) groups excluding carboxylic acids is 2. The zero-order valence-corrected chi connectivity index (χ0v) is 22.0. The van der Waals surface area contributed by atoms with Crippen LogP contribution < -0.4 is 0 Å². The predicted molar refractivity (Wildman–Crippen MR) is 141 cm³/mol. The number of ether oxygens (including phenoxy) is 2. The van der Waals surface area contributed by atoms with Crippen molar-refractivity contribution in [3.8, 4) is 0 Å². The molecular formula is C24H24N2O4S4. The minimum absolute atomic E-state index is 0.163. The van der Waals surface area contributed by atoms with E-state index in [1.54, 1.807) is 36.5 Å². The van der Waals surface area contributed by atoms with Crippen LogP contribution in [-0.2, 0) is 19.1 Å². The predicted octanol–water partition coefficient (Wildman–Crippen LogP) is 6.43. The largest absolute Gasteiger partial charge is 0.466 e. The molecule has 0 spiro atoms. The van der Waals surface area contributed by atoms with Gasteiger partial charge in [-0.15, -0.1) is 22.7 Å². The van der Waals surface area contributed by atoms with E-state index in [0.717, 1.165) is 29.1 Å². The van der Waals surface area contributed by atoms with E-state index in [4.69, 9.17) is 19.4 Å². The Morgan fingerprint density at radius 1 is 0.765 bits per heavy atom. The lowest BCUT2D eigenvalue weighted by Gasteiger charge is -2.23. The molecule has 0 aliphatic rings. The van der Waals surface area contributed by atoms with Gasteiger partial charge in [0.25, 0.3) is 0 Å². The van der Waals surface area contributed by atoms with Crippen LogP contribution in [0.1, 0.15) is 26.7 Å². The second-order valence-corrected chi connectivity index (χ2v) is 12.3. The van der Waals surface area contributed by atoms with Crippen LogP contribution in [0, 0.1) is 0 Å². The number of thioether (sulfide) groups is 2. The number of hydrogen-bond donors (Lipinski definition) is 0. The maximum atomic E-state index is 12.5. The number of rotatable bonds is 11. The van der Waals surface area contributed by atoms with Gasteiger partial charge in [0, 0.05) is 10.5 Å². The second-order valence-electron chi connectivity index (χ2n) is 7.23. The van der Waals surface area contributed by atoms with E-state index in [0.29, 0.717) is 13.2 Å². The molecule has 0 bridgehead atoms. The molecule has 0 aliphatic carbocycles. The fourth-order valence-corrected chi connectivity index (χ4v) is 8.48. The van der Waals surface area contributed by atoms with Crippen molar-refractivity contribution in [2.24, 2.45) is 0 Å². The Kier molecular flexibility index (Phi) is 8.82. The third-order valence-electron chi connectivity index (χ3n) is 4.81. The van der Waals surface area contributed by atoms with Gasteiger partial charge in [0.1, 0.15) is 0 Å². The lowest BCUT2D eigenvalue weighted by Crippen LogP contribution is -2.27. The number of esters is 2. The molecule has 10 heteroatoms. The Morgan fingerprint density at radius 3 is 1.56 bits per heavy atom. The van der Waals surface area contributed by atoms with Crippen molar-refractivity contribution in [2.45, 2.75) is 45.9 Å². The molecule has 6 nitrogen and oxygen atoms in total. The standard InChI is InChI=1S/C24H24N2O4S4/c1-3-29-21(27)13-19(33-23-25-15-9-5-7-11-17(15)31-23)20(14-22(28)30-4-2)34-24-26-16-10-6-8-12-18(16)32-24/h5-12,19-20H,3-4,13-14H2,1-2H3. The summed E-state index contributed by atoms with van der Waals surface area (Å²) in [5, 5.41) is -0.498. The number of para-hydroxylation sites is 2. The molecule has 0 N–H and O–H groups in total. The molecule has 178 valence electrons. The highest BCUT2D eigenvalue weighted by molar-refractivity contribution is 8.05. The Labute approximate surface area is 214 Å². The molecule has 2 aromatic heterocycles. The topological polar surface area (TPSA) is 78.4 Å². The smallest absolute Gasteiger partial charge is 0.306 e. The maximum Gasteiger partial charge on any atom is 0.306 e. The van der Waals surface area contributed by atoms with E-state index in [1.165, 1.54) is 23.5 Å². The van der Waals surface area contributed by atoms with Crippen molar-refractivity contribution in [1.29, 1.82) is 0 Å². The number of hydrogen-bond acceptors (Lipinski definition) is 10. The van der Waals surface area contributed by atoms with Crippen LogP contribution in [0.15, 0.2) is 57.2 Å². The normalized spacial score (nSPS) is 13.1. The monoisotopic (exact) mass is 532 g/mol. The van der Waals surface area contributed by atoms with Gasteiger partial charge < -0.3 is 9.47 Å². The van der Waals surface area contributed by atoms with Crippen molar-refractivity contribution in [2.75, 3.05) is 13.2 Å². The summed E-state index contributed by atoms with van der Waals surface area (Å²) in [6.07, 6.45) is 0.326. The third-order valence-corrected chi connectivity index (χ3v) is 9.91. The van der Waals surface area contributed by atoms with Gasteiger partial charge >= 0.3 is 11.9 Å². The summed E-state index contributed by atoms with van der Waals surface area (Å²) in [6.45, 7) is 4.20. The average Bonchev–Trinajstić information content (AvgIpc) is 3.41. The van der Waals surface area contributed by atoms with Crippen molar-refractivity contribution < 1.29 is 19.1 Å². The fourth-order valence-electron chi connectivity index (χ4n) is 3.33. The fraction of sp³-hybridized carbons (Fsp3) is 0.333. The lowest BCUT2D eigenvalue weighted by molar-refractivity contribution is -0.145. The summed E-state index contributed by atoms with van der Waals surface area (Å²) in [5.41, 5.74) is 1.84. The van der Waals surface area contributed by atoms with Crippen LogP contribution >= 0.6 is 46.2 Å². The van der Waals surface area contributed by atoms with Gasteiger partial charge in [-0.3, -0.25) is 9.59 Å². The first-order valence-corrected chi connectivity index (χ1v) is 14.3.